The summed E-state index contributed by atoms with van der Waals surface area (Å²) in [5.41, 5.74) is 2.32. The third kappa shape index (κ3) is 3.33. The van der Waals surface area contributed by atoms with E-state index in [2.05, 4.69) is 22.8 Å². The Kier molecular flexibility index (Phi) is 4.24. The molecule has 0 unspecified atom stereocenters. The molecule has 3 heteroatoms. The summed E-state index contributed by atoms with van der Waals surface area (Å²) in [5, 5.41) is 5.91. The lowest BCUT2D eigenvalue weighted by atomic mass is 9.84. The number of carbonyl (C=O) groups is 1. The van der Waals surface area contributed by atoms with Crippen LogP contribution in [0.5, 0.6) is 0 Å². The maximum atomic E-state index is 11.8. The van der Waals surface area contributed by atoms with Crippen molar-refractivity contribution in [3.05, 3.63) is 29.8 Å². The lowest BCUT2D eigenvalue weighted by molar-refractivity contribution is 0.240. The van der Waals surface area contributed by atoms with E-state index >= 15 is 0 Å². The van der Waals surface area contributed by atoms with Gasteiger partial charge in [0.25, 0.3) is 0 Å². The minimum Gasteiger partial charge on any atom is -0.335 e. The average Bonchev–Trinajstić information content (AvgIpc) is 2.45. The Morgan fingerprint density at radius 2 is 1.60 bits per heavy atom. The van der Waals surface area contributed by atoms with Gasteiger partial charge in [0.15, 0.2) is 0 Å². The number of rotatable bonds is 3. The molecule has 3 nitrogen and oxygen atoms in total. The summed E-state index contributed by atoms with van der Waals surface area (Å²) < 4.78 is 0. The van der Waals surface area contributed by atoms with Crippen LogP contribution in [0.3, 0.4) is 0 Å². The zero-order valence-corrected chi connectivity index (χ0v) is 12.0. The van der Waals surface area contributed by atoms with Gasteiger partial charge in [-0.1, -0.05) is 31.4 Å². The van der Waals surface area contributed by atoms with Crippen molar-refractivity contribution in [1.29, 1.82) is 0 Å². The van der Waals surface area contributed by atoms with Gasteiger partial charge in [0.05, 0.1) is 0 Å². The molecule has 0 aliphatic heterocycles. The second kappa shape index (κ2) is 6.29. The lowest BCUT2D eigenvalue weighted by Gasteiger charge is -2.26. The van der Waals surface area contributed by atoms with Crippen molar-refractivity contribution in [2.45, 2.75) is 63.3 Å². The number of urea groups is 1. The Morgan fingerprint density at radius 3 is 2.20 bits per heavy atom. The van der Waals surface area contributed by atoms with Crippen molar-refractivity contribution in [2.75, 3.05) is 5.32 Å². The van der Waals surface area contributed by atoms with Crippen LogP contribution in [0.4, 0.5) is 10.5 Å². The minimum absolute atomic E-state index is 0.0693. The van der Waals surface area contributed by atoms with Crippen LogP contribution in [0, 0.1) is 0 Å². The molecule has 2 aliphatic rings. The molecule has 1 aromatic carbocycles. The van der Waals surface area contributed by atoms with E-state index in [1.54, 1.807) is 0 Å². The third-order valence-electron chi connectivity index (χ3n) is 4.69. The molecule has 0 bridgehead atoms. The first-order valence-corrected chi connectivity index (χ1v) is 7.99. The van der Waals surface area contributed by atoms with Gasteiger partial charge >= 0.3 is 6.03 Å². The summed E-state index contributed by atoms with van der Waals surface area (Å²) in [5.74, 6) is 0.724. The van der Waals surface area contributed by atoms with E-state index in [9.17, 15) is 4.79 Å². The zero-order valence-electron chi connectivity index (χ0n) is 12.0. The highest BCUT2D eigenvalue weighted by atomic mass is 16.2. The number of benzene rings is 1. The van der Waals surface area contributed by atoms with E-state index in [1.807, 2.05) is 12.1 Å². The smallest absolute Gasteiger partial charge is 0.319 e. The quantitative estimate of drug-likeness (QED) is 0.841. The Morgan fingerprint density at radius 1 is 0.900 bits per heavy atom. The minimum atomic E-state index is -0.0693. The summed E-state index contributed by atoms with van der Waals surface area (Å²) in [4.78, 5) is 11.8. The van der Waals surface area contributed by atoms with E-state index in [1.165, 1.54) is 44.1 Å². The Labute approximate surface area is 121 Å². The molecule has 0 heterocycles. The van der Waals surface area contributed by atoms with Crippen LogP contribution in [0.1, 0.15) is 62.8 Å². The van der Waals surface area contributed by atoms with Gasteiger partial charge in [-0.15, -0.1) is 0 Å². The maximum absolute atomic E-state index is 11.8. The standard InChI is InChI=1S/C17H24N2O/c20-17(18-15-7-4-8-15)19-16-11-9-14(10-12-16)13-5-2-1-3-6-13/h9-13,15H,1-8H2,(H2,18,19,20). The first kappa shape index (κ1) is 13.5. The van der Waals surface area contributed by atoms with Crippen molar-refractivity contribution in [2.24, 2.45) is 0 Å². The van der Waals surface area contributed by atoms with Crippen LogP contribution in [-0.2, 0) is 0 Å². The monoisotopic (exact) mass is 272 g/mol. The molecular weight excluding hydrogens is 248 g/mol. The highest BCUT2D eigenvalue weighted by Gasteiger charge is 2.19. The van der Waals surface area contributed by atoms with E-state index in [0.29, 0.717) is 6.04 Å². The van der Waals surface area contributed by atoms with E-state index < -0.39 is 0 Å². The van der Waals surface area contributed by atoms with Gasteiger partial charge in [0.2, 0.25) is 0 Å². The van der Waals surface area contributed by atoms with E-state index in [4.69, 9.17) is 0 Å². The van der Waals surface area contributed by atoms with Crippen LogP contribution in [0.25, 0.3) is 0 Å². The fourth-order valence-corrected chi connectivity index (χ4v) is 3.18. The molecule has 2 aliphatic carbocycles. The van der Waals surface area contributed by atoms with Gasteiger partial charge in [-0.05, 0) is 55.7 Å². The van der Waals surface area contributed by atoms with Crippen molar-refractivity contribution in [3.63, 3.8) is 0 Å². The average molecular weight is 272 g/mol. The SMILES string of the molecule is O=C(Nc1ccc(C2CCCCC2)cc1)NC1CCC1. The maximum Gasteiger partial charge on any atom is 0.319 e. The predicted molar refractivity (Wildman–Crippen MR) is 82.1 cm³/mol. The van der Waals surface area contributed by atoms with Gasteiger partial charge in [-0.25, -0.2) is 4.79 Å². The van der Waals surface area contributed by atoms with Crippen molar-refractivity contribution in [1.82, 2.24) is 5.32 Å². The number of anilines is 1. The molecule has 2 saturated carbocycles. The van der Waals surface area contributed by atoms with Gasteiger partial charge in [-0.3, -0.25) is 0 Å². The molecule has 3 rings (SSSR count). The molecule has 0 radical (unpaired) electrons. The predicted octanol–water partition coefficient (Wildman–Crippen LogP) is 4.41. The topological polar surface area (TPSA) is 41.1 Å². The molecule has 1 aromatic rings. The van der Waals surface area contributed by atoms with Gasteiger partial charge in [0.1, 0.15) is 0 Å². The van der Waals surface area contributed by atoms with Crippen LogP contribution in [0.2, 0.25) is 0 Å². The first-order valence-electron chi connectivity index (χ1n) is 7.99. The van der Waals surface area contributed by atoms with Gasteiger partial charge < -0.3 is 10.6 Å². The fourth-order valence-electron chi connectivity index (χ4n) is 3.18. The summed E-state index contributed by atoms with van der Waals surface area (Å²) in [7, 11) is 0. The number of hydrogen-bond acceptors (Lipinski definition) is 1. The molecule has 0 spiro atoms. The summed E-state index contributed by atoms with van der Waals surface area (Å²) in [6, 6.07) is 8.73. The molecule has 20 heavy (non-hydrogen) atoms. The van der Waals surface area contributed by atoms with Crippen LogP contribution < -0.4 is 10.6 Å². The molecule has 0 aromatic heterocycles. The van der Waals surface area contributed by atoms with Gasteiger partial charge in [0, 0.05) is 11.7 Å². The summed E-state index contributed by atoms with van der Waals surface area (Å²) >= 11 is 0. The Bertz CT molecular complexity index is 445. The zero-order chi connectivity index (χ0) is 13.8. The second-order valence-corrected chi connectivity index (χ2v) is 6.18. The Balaban J connectivity index is 1.53. The van der Waals surface area contributed by atoms with Crippen molar-refractivity contribution in [3.8, 4) is 0 Å². The summed E-state index contributed by atoms with van der Waals surface area (Å²) in [6.07, 6.45) is 10.2. The number of hydrogen-bond donors (Lipinski definition) is 2. The molecule has 0 saturated heterocycles. The van der Waals surface area contributed by atoms with Crippen LogP contribution in [0.15, 0.2) is 24.3 Å². The van der Waals surface area contributed by atoms with Crippen LogP contribution >= 0.6 is 0 Å². The van der Waals surface area contributed by atoms with Gasteiger partial charge in [-0.2, -0.15) is 0 Å². The van der Waals surface area contributed by atoms with E-state index in [0.717, 1.165) is 24.4 Å². The molecule has 2 fully saturated rings. The molecular formula is C17H24N2O. The summed E-state index contributed by atoms with van der Waals surface area (Å²) in [6.45, 7) is 0. The number of nitrogens with one attached hydrogen (secondary N) is 2. The fraction of sp³-hybridized carbons (Fsp3) is 0.588. The largest absolute Gasteiger partial charge is 0.335 e. The first-order chi connectivity index (χ1) is 9.81. The van der Waals surface area contributed by atoms with E-state index in [-0.39, 0.29) is 6.03 Å². The van der Waals surface area contributed by atoms with Crippen LogP contribution in [-0.4, -0.2) is 12.1 Å². The van der Waals surface area contributed by atoms with Crippen molar-refractivity contribution >= 4 is 11.7 Å². The highest BCUT2D eigenvalue weighted by molar-refractivity contribution is 5.89. The molecule has 108 valence electrons. The van der Waals surface area contributed by atoms with Crippen molar-refractivity contribution < 1.29 is 4.79 Å². The number of amides is 2. The Hall–Kier alpha value is -1.51. The highest BCUT2D eigenvalue weighted by Crippen LogP contribution is 2.32. The number of carbonyl (C=O) groups excluding carboxylic acids is 1. The second-order valence-electron chi connectivity index (χ2n) is 6.18. The molecule has 2 N–H and O–H groups in total. The molecule has 2 amide bonds. The molecule has 0 atom stereocenters. The lowest BCUT2D eigenvalue weighted by Crippen LogP contribution is -2.41. The third-order valence-corrected chi connectivity index (χ3v) is 4.69. The normalized spacial score (nSPS) is 20.2.